The molecule has 3 rings (SSSR count). The van der Waals surface area contributed by atoms with Gasteiger partial charge in [0, 0.05) is 36.9 Å². The highest BCUT2D eigenvalue weighted by Gasteiger charge is 2.23. The fourth-order valence-corrected chi connectivity index (χ4v) is 3.62. The molecule has 0 amide bonds. The van der Waals surface area contributed by atoms with E-state index < -0.39 is 0 Å². The van der Waals surface area contributed by atoms with Crippen molar-refractivity contribution < 1.29 is 9.47 Å². The molecule has 1 unspecified atom stereocenters. The van der Waals surface area contributed by atoms with Gasteiger partial charge in [-0.1, -0.05) is 29.8 Å². The summed E-state index contributed by atoms with van der Waals surface area (Å²) in [7, 11) is 3.31. The Morgan fingerprint density at radius 2 is 1.90 bits per heavy atom. The van der Waals surface area contributed by atoms with E-state index in [2.05, 4.69) is 53.6 Å². The number of guanidine groups is 1. The summed E-state index contributed by atoms with van der Waals surface area (Å²) in [5.41, 5.74) is 3.57. The molecule has 1 heterocycles. The molecule has 0 bridgehead atoms. The van der Waals surface area contributed by atoms with Gasteiger partial charge in [-0.15, -0.1) is 24.0 Å². The number of para-hydroxylation sites is 1. The fraction of sp³-hybridized carbons (Fsp3) is 0.435. The van der Waals surface area contributed by atoms with Gasteiger partial charge in [0.15, 0.2) is 17.5 Å². The summed E-state index contributed by atoms with van der Waals surface area (Å²) >= 11 is 0. The quantitative estimate of drug-likeness (QED) is 0.326. The van der Waals surface area contributed by atoms with Gasteiger partial charge in [0.1, 0.15) is 0 Å². The molecule has 2 aromatic carbocycles. The number of hydrogen-bond donors (Lipinski definition) is 2. The summed E-state index contributed by atoms with van der Waals surface area (Å²) in [5, 5.41) is 6.95. The predicted octanol–water partition coefficient (Wildman–Crippen LogP) is 3.96. The lowest BCUT2D eigenvalue weighted by Crippen LogP contribution is -2.44. The molecule has 1 aliphatic heterocycles. The molecule has 0 spiro atoms. The van der Waals surface area contributed by atoms with Crippen LogP contribution in [-0.2, 0) is 6.54 Å². The number of anilines is 1. The Morgan fingerprint density at radius 3 is 2.57 bits per heavy atom. The maximum Gasteiger partial charge on any atom is 0.191 e. The van der Waals surface area contributed by atoms with Crippen molar-refractivity contribution in [2.45, 2.75) is 32.9 Å². The monoisotopic (exact) mass is 524 g/mol. The maximum absolute atomic E-state index is 5.52. The molecule has 0 radical (unpaired) electrons. The van der Waals surface area contributed by atoms with E-state index in [4.69, 9.17) is 14.5 Å². The van der Waals surface area contributed by atoms with Crippen LogP contribution in [0.3, 0.4) is 0 Å². The van der Waals surface area contributed by atoms with Crippen molar-refractivity contribution in [1.29, 1.82) is 0 Å². The number of hydrogen-bond acceptors (Lipinski definition) is 4. The average Bonchev–Trinajstić information content (AvgIpc) is 3.20. The van der Waals surface area contributed by atoms with Crippen molar-refractivity contribution in [1.82, 2.24) is 10.6 Å². The summed E-state index contributed by atoms with van der Waals surface area (Å²) in [5.74, 6) is 2.29. The highest BCUT2D eigenvalue weighted by molar-refractivity contribution is 14.0. The molecule has 1 aliphatic rings. The molecule has 0 aromatic heterocycles. The Morgan fingerprint density at radius 1 is 1.13 bits per heavy atom. The van der Waals surface area contributed by atoms with Gasteiger partial charge in [0.05, 0.1) is 20.8 Å². The van der Waals surface area contributed by atoms with E-state index in [1.165, 1.54) is 11.3 Å². The molecular formula is C23H33IN4O2. The third kappa shape index (κ3) is 6.17. The number of aryl methyl sites for hydroxylation is 1. The molecule has 0 saturated carbocycles. The van der Waals surface area contributed by atoms with E-state index in [1.807, 2.05) is 18.2 Å². The van der Waals surface area contributed by atoms with Crippen LogP contribution in [0.1, 0.15) is 24.5 Å². The summed E-state index contributed by atoms with van der Waals surface area (Å²) in [6.07, 6.45) is 1.08. The van der Waals surface area contributed by atoms with Crippen molar-refractivity contribution in [2.75, 3.05) is 38.8 Å². The highest BCUT2D eigenvalue weighted by Crippen LogP contribution is 2.31. The van der Waals surface area contributed by atoms with E-state index in [0.29, 0.717) is 12.6 Å². The predicted molar refractivity (Wildman–Crippen MR) is 135 cm³/mol. The fourth-order valence-electron chi connectivity index (χ4n) is 3.62. The van der Waals surface area contributed by atoms with E-state index in [9.17, 15) is 0 Å². The first-order chi connectivity index (χ1) is 14.1. The van der Waals surface area contributed by atoms with Gasteiger partial charge >= 0.3 is 0 Å². The second-order valence-corrected chi connectivity index (χ2v) is 7.26. The summed E-state index contributed by atoms with van der Waals surface area (Å²) in [4.78, 5) is 7.20. The Hall–Kier alpha value is -2.16. The molecule has 7 heteroatoms. The molecule has 2 N–H and O–H groups in total. The van der Waals surface area contributed by atoms with Crippen molar-refractivity contribution in [3.05, 3.63) is 53.6 Å². The number of ether oxygens (including phenoxy) is 2. The number of aliphatic imine (C=N–C) groups is 1. The number of nitrogens with zero attached hydrogens (tertiary/aromatic N) is 2. The van der Waals surface area contributed by atoms with E-state index >= 15 is 0 Å². The molecule has 1 saturated heterocycles. The molecule has 1 atom stereocenters. The zero-order valence-corrected chi connectivity index (χ0v) is 20.6. The lowest BCUT2D eigenvalue weighted by molar-refractivity contribution is 0.352. The lowest BCUT2D eigenvalue weighted by atomic mass is 10.2. The van der Waals surface area contributed by atoms with Crippen LogP contribution in [-0.4, -0.2) is 45.9 Å². The summed E-state index contributed by atoms with van der Waals surface area (Å²) < 4.78 is 10.9. The molecule has 6 nitrogen and oxygen atoms in total. The number of methoxy groups -OCH3 is 2. The van der Waals surface area contributed by atoms with Gasteiger partial charge in [-0.25, -0.2) is 4.99 Å². The third-order valence-corrected chi connectivity index (χ3v) is 5.16. The van der Waals surface area contributed by atoms with Gasteiger partial charge in [-0.2, -0.15) is 0 Å². The Labute approximate surface area is 197 Å². The van der Waals surface area contributed by atoms with E-state index in [0.717, 1.165) is 49.1 Å². The molecule has 2 aromatic rings. The summed E-state index contributed by atoms with van der Waals surface area (Å²) in [6, 6.07) is 15.0. The normalized spacial score (nSPS) is 16.1. The number of halogens is 1. The minimum Gasteiger partial charge on any atom is -0.493 e. The minimum absolute atomic E-state index is 0. The zero-order chi connectivity index (χ0) is 20.6. The van der Waals surface area contributed by atoms with Gasteiger partial charge < -0.3 is 25.0 Å². The van der Waals surface area contributed by atoms with Crippen LogP contribution in [0.15, 0.2) is 47.5 Å². The Balaban J connectivity index is 0.00000320. The number of rotatable bonds is 7. The van der Waals surface area contributed by atoms with Crippen LogP contribution in [0.2, 0.25) is 0 Å². The van der Waals surface area contributed by atoms with Crippen molar-refractivity contribution in [3.8, 4) is 11.5 Å². The lowest BCUT2D eigenvalue weighted by Gasteiger charge is -2.20. The van der Waals surface area contributed by atoms with Gasteiger partial charge in [0.25, 0.3) is 0 Å². The smallest absolute Gasteiger partial charge is 0.191 e. The SMILES string of the molecule is CCNC(=NCc1cccc(OC)c1OC)NC1CCN(c2ccc(C)cc2)C1.I. The highest BCUT2D eigenvalue weighted by atomic mass is 127. The second-order valence-electron chi connectivity index (χ2n) is 7.26. The molecular weight excluding hydrogens is 491 g/mol. The average molecular weight is 524 g/mol. The largest absolute Gasteiger partial charge is 0.493 e. The van der Waals surface area contributed by atoms with Crippen LogP contribution in [0, 0.1) is 6.92 Å². The third-order valence-electron chi connectivity index (χ3n) is 5.16. The first-order valence-corrected chi connectivity index (χ1v) is 10.2. The molecule has 1 fully saturated rings. The van der Waals surface area contributed by atoms with Gasteiger partial charge in [0.2, 0.25) is 0 Å². The van der Waals surface area contributed by atoms with E-state index in [1.54, 1.807) is 14.2 Å². The standard InChI is InChI=1S/C23H32N4O2.HI/c1-5-24-23(25-15-18-7-6-8-21(28-3)22(18)29-4)26-19-13-14-27(16-19)20-11-9-17(2)10-12-20;/h6-12,19H,5,13-16H2,1-4H3,(H2,24,25,26);1H. The van der Waals surface area contributed by atoms with Crippen molar-refractivity contribution in [3.63, 3.8) is 0 Å². The van der Waals surface area contributed by atoms with Crippen LogP contribution >= 0.6 is 24.0 Å². The number of nitrogens with one attached hydrogen (secondary N) is 2. The van der Waals surface area contributed by atoms with Crippen LogP contribution in [0.4, 0.5) is 5.69 Å². The van der Waals surface area contributed by atoms with Crippen LogP contribution in [0.5, 0.6) is 11.5 Å². The Bertz CT molecular complexity index is 826. The Kier molecular flexibility index (Phi) is 9.55. The van der Waals surface area contributed by atoms with E-state index in [-0.39, 0.29) is 24.0 Å². The molecule has 30 heavy (non-hydrogen) atoms. The van der Waals surface area contributed by atoms with Gasteiger partial charge in [-0.3, -0.25) is 0 Å². The zero-order valence-electron chi connectivity index (χ0n) is 18.3. The maximum atomic E-state index is 5.52. The minimum atomic E-state index is 0. The second kappa shape index (κ2) is 11.9. The molecule has 0 aliphatic carbocycles. The van der Waals surface area contributed by atoms with Crippen LogP contribution < -0.4 is 25.0 Å². The van der Waals surface area contributed by atoms with Crippen LogP contribution in [0.25, 0.3) is 0 Å². The molecule has 164 valence electrons. The first-order valence-electron chi connectivity index (χ1n) is 10.2. The summed E-state index contributed by atoms with van der Waals surface area (Å²) in [6.45, 7) is 7.55. The van der Waals surface area contributed by atoms with Crippen molar-refractivity contribution >= 4 is 35.6 Å². The first kappa shape index (κ1) is 24.1. The topological polar surface area (TPSA) is 58.1 Å². The van der Waals surface area contributed by atoms with Crippen molar-refractivity contribution in [2.24, 2.45) is 4.99 Å². The number of benzene rings is 2. The van der Waals surface area contributed by atoms with Gasteiger partial charge in [-0.05, 0) is 38.5 Å².